The standard InChI is InChI=1S/C19H23ClN4O3S/c1-27-16-5-4-14(20)13-15(16)22-19(26)21-6-7-23-8-10-24(11-9-23)18(25)17-3-2-12-28-17/h2-5,12-13H,6-11H2,1H3,(H2,21,22,26). The Kier molecular flexibility index (Phi) is 7.13. The van der Waals surface area contributed by atoms with Crippen molar-refractivity contribution < 1.29 is 14.3 Å². The third-order valence-corrected chi connectivity index (χ3v) is 5.61. The molecule has 0 radical (unpaired) electrons. The topological polar surface area (TPSA) is 73.9 Å². The van der Waals surface area contributed by atoms with Crippen LogP contribution in [0, 0.1) is 0 Å². The highest BCUT2D eigenvalue weighted by Gasteiger charge is 2.22. The molecule has 150 valence electrons. The van der Waals surface area contributed by atoms with Crippen LogP contribution in [0.3, 0.4) is 0 Å². The SMILES string of the molecule is COc1ccc(Cl)cc1NC(=O)NCCN1CCN(C(=O)c2cccs2)CC1. The molecule has 0 atom stereocenters. The summed E-state index contributed by atoms with van der Waals surface area (Å²) >= 11 is 7.44. The number of nitrogens with one attached hydrogen (secondary N) is 2. The first-order chi connectivity index (χ1) is 13.6. The predicted molar refractivity (Wildman–Crippen MR) is 112 cm³/mol. The van der Waals surface area contributed by atoms with Crippen LogP contribution in [0.4, 0.5) is 10.5 Å². The van der Waals surface area contributed by atoms with E-state index in [9.17, 15) is 9.59 Å². The molecule has 1 aliphatic heterocycles. The van der Waals surface area contributed by atoms with Gasteiger partial charge in [-0.1, -0.05) is 17.7 Å². The minimum Gasteiger partial charge on any atom is -0.495 e. The fourth-order valence-electron chi connectivity index (χ4n) is 3.00. The van der Waals surface area contributed by atoms with E-state index in [2.05, 4.69) is 15.5 Å². The van der Waals surface area contributed by atoms with E-state index in [1.807, 2.05) is 22.4 Å². The summed E-state index contributed by atoms with van der Waals surface area (Å²) in [5.74, 6) is 0.647. The Labute approximate surface area is 173 Å². The van der Waals surface area contributed by atoms with E-state index in [0.717, 1.165) is 24.5 Å². The van der Waals surface area contributed by atoms with Crippen LogP contribution in [0.1, 0.15) is 9.67 Å². The predicted octanol–water partition coefficient (Wildman–Crippen LogP) is 2.99. The lowest BCUT2D eigenvalue weighted by molar-refractivity contribution is 0.0644. The zero-order chi connectivity index (χ0) is 19.9. The van der Waals surface area contributed by atoms with Crippen LogP contribution in [0.2, 0.25) is 5.02 Å². The molecule has 2 heterocycles. The van der Waals surface area contributed by atoms with Crippen molar-refractivity contribution in [1.82, 2.24) is 15.1 Å². The van der Waals surface area contributed by atoms with Gasteiger partial charge in [0.15, 0.2) is 0 Å². The smallest absolute Gasteiger partial charge is 0.319 e. The first-order valence-electron chi connectivity index (χ1n) is 9.00. The van der Waals surface area contributed by atoms with Gasteiger partial charge in [0.05, 0.1) is 17.7 Å². The number of carbonyl (C=O) groups is 2. The molecule has 9 heteroatoms. The molecule has 0 saturated carbocycles. The van der Waals surface area contributed by atoms with Crippen LogP contribution in [0.25, 0.3) is 0 Å². The summed E-state index contributed by atoms with van der Waals surface area (Å²) in [6, 6.07) is 8.48. The molecule has 7 nitrogen and oxygen atoms in total. The molecule has 1 saturated heterocycles. The van der Waals surface area contributed by atoms with Crippen LogP contribution >= 0.6 is 22.9 Å². The van der Waals surface area contributed by atoms with Crippen molar-refractivity contribution in [2.45, 2.75) is 0 Å². The number of carbonyl (C=O) groups excluding carboxylic acids is 2. The molecule has 2 N–H and O–H groups in total. The Morgan fingerprint density at radius 3 is 2.68 bits per heavy atom. The largest absolute Gasteiger partial charge is 0.495 e. The van der Waals surface area contributed by atoms with E-state index < -0.39 is 0 Å². The lowest BCUT2D eigenvalue weighted by atomic mass is 10.3. The summed E-state index contributed by atoms with van der Waals surface area (Å²) < 4.78 is 5.22. The molecule has 1 aromatic carbocycles. The third kappa shape index (κ3) is 5.37. The quantitative estimate of drug-likeness (QED) is 0.750. The number of nitrogens with zero attached hydrogens (tertiary/aromatic N) is 2. The normalized spacial score (nSPS) is 14.6. The monoisotopic (exact) mass is 422 g/mol. The molecule has 1 fully saturated rings. The number of urea groups is 1. The Morgan fingerprint density at radius 1 is 1.21 bits per heavy atom. The number of hydrogen-bond acceptors (Lipinski definition) is 5. The Bertz CT molecular complexity index is 808. The maximum absolute atomic E-state index is 12.4. The van der Waals surface area contributed by atoms with Crippen molar-refractivity contribution in [2.24, 2.45) is 0 Å². The summed E-state index contributed by atoms with van der Waals surface area (Å²) in [6.45, 7) is 4.21. The van der Waals surface area contributed by atoms with Crippen LogP contribution in [0.5, 0.6) is 5.75 Å². The lowest BCUT2D eigenvalue weighted by Crippen LogP contribution is -2.50. The summed E-state index contributed by atoms with van der Waals surface area (Å²) in [5.41, 5.74) is 0.521. The Hall–Kier alpha value is -2.29. The number of ether oxygens (including phenoxy) is 1. The van der Waals surface area contributed by atoms with Gasteiger partial charge in [-0.3, -0.25) is 9.69 Å². The van der Waals surface area contributed by atoms with Gasteiger partial charge in [0.2, 0.25) is 0 Å². The zero-order valence-electron chi connectivity index (χ0n) is 15.6. The number of hydrogen-bond donors (Lipinski definition) is 2. The highest BCUT2D eigenvalue weighted by molar-refractivity contribution is 7.12. The van der Waals surface area contributed by atoms with Crippen molar-refractivity contribution in [1.29, 1.82) is 0 Å². The summed E-state index contributed by atoms with van der Waals surface area (Å²) in [7, 11) is 1.54. The van der Waals surface area contributed by atoms with E-state index in [1.165, 1.54) is 18.4 Å². The summed E-state index contributed by atoms with van der Waals surface area (Å²) in [5, 5.41) is 8.02. The van der Waals surface area contributed by atoms with Gasteiger partial charge in [-0.15, -0.1) is 11.3 Å². The number of amides is 3. The number of anilines is 1. The van der Waals surface area contributed by atoms with Crippen molar-refractivity contribution in [3.63, 3.8) is 0 Å². The molecule has 0 spiro atoms. The number of benzene rings is 1. The van der Waals surface area contributed by atoms with E-state index in [0.29, 0.717) is 36.1 Å². The van der Waals surface area contributed by atoms with Gasteiger partial charge >= 0.3 is 6.03 Å². The molecule has 0 aliphatic carbocycles. The summed E-state index contributed by atoms with van der Waals surface area (Å²) in [6.07, 6.45) is 0. The molecular weight excluding hydrogens is 400 g/mol. The maximum Gasteiger partial charge on any atom is 0.319 e. The van der Waals surface area contributed by atoms with Crippen LogP contribution in [-0.2, 0) is 0 Å². The van der Waals surface area contributed by atoms with Gasteiger partial charge in [-0.25, -0.2) is 4.79 Å². The van der Waals surface area contributed by atoms with Crippen molar-refractivity contribution in [2.75, 3.05) is 51.7 Å². The number of methoxy groups -OCH3 is 1. The maximum atomic E-state index is 12.4. The fraction of sp³-hybridized carbons (Fsp3) is 0.368. The average molecular weight is 423 g/mol. The zero-order valence-corrected chi connectivity index (χ0v) is 17.2. The van der Waals surface area contributed by atoms with Gasteiger partial charge in [0.25, 0.3) is 5.91 Å². The second-order valence-electron chi connectivity index (χ2n) is 6.34. The Balaban J connectivity index is 1.38. The molecule has 3 rings (SSSR count). The van der Waals surface area contributed by atoms with Crippen molar-refractivity contribution >= 4 is 40.6 Å². The van der Waals surface area contributed by atoms with Crippen molar-refractivity contribution in [3.05, 3.63) is 45.6 Å². The number of thiophene rings is 1. The van der Waals surface area contributed by atoms with Crippen LogP contribution in [0.15, 0.2) is 35.7 Å². The molecule has 1 aromatic heterocycles. The molecular formula is C19H23ClN4O3S. The van der Waals surface area contributed by atoms with Gasteiger partial charge in [0.1, 0.15) is 5.75 Å². The molecule has 0 unspecified atom stereocenters. The van der Waals surface area contributed by atoms with E-state index >= 15 is 0 Å². The highest BCUT2D eigenvalue weighted by Crippen LogP contribution is 2.27. The first-order valence-corrected chi connectivity index (χ1v) is 10.3. The first kappa shape index (κ1) is 20.4. The van der Waals surface area contributed by atoms with Crippen molar-refractivity contribution in [3.8, 4) is 5.75 Å². The van der Waals surface area contributed by atoms with Gasteiger partial charge in [-0.2, -0.15) is 0 Å². The molecule has 1 aliphatic rings. The minimum atomic E-state index is -0.313. The van der Waals surface area contributed by atoms with E-state index in [1.54, 1.807) is 18.2 Å². The second kappa shape index (κ2) is 9.77. The molecule has 3 amide bonds. The number of rotatable bonds is 6. The fourth-order valence-corrected chi connectivity index (χ4v) is 3.87. The van der Waals surface area contributed by atoms with Gasteiger partial charge < -0.3 is 20.3 Å². The van der Waals surface area contributed by atoms with Crippen LogP contribution in [-0.4, -0.2) is 68.1 Å². The lowest BCUT2D eigenvalue weighted by Gasteiger charge is -2.34. The summed E-state index contributed by atoms with van der Waals surface area (Å²) in [4.78, 5) is 29.4. The van der Waals surface area contributed by atoms with Gasteiger partial charge in [-0.05, 0) is 29.6 Å². The average Bonchev–Trinajstić information content (AvgIpc) is 3.23. The second-order valence-corrected chi connectivity index (χ2v) is 7.72. The third-order valence-electron chi connectivity index (χ3n) is 4.51. The van der Waals surface area contributed by atoms with Crippen LogP contribution < -0.4 is 15.4 Å². The van der Waals surface area contributed by atoms with E-state index in [4.69, 9.17) is 16.3 Å². The van der Waals surface area contributed by atoms with E-state index in [-0.39, 0.29) is 11.9 Å². The highest BCUT2D eigenvalue weighted by atomic mass is 35.5. The molecule has 28 heavy (non-hydrogen) atoms. The minimum absolute atomic E-state index is 0.0996. The van der Waals surface area contributed by atoms with Gasteiger partial charge in [0, 0.05) is 44.3 Å². The number of halogens is 1. The molecule has 0 bridgehead atoms. The molecule has 2 aromatic rings. The Morgan fingerprint density at radius 2 is 2.00 bits per heavy atom. The number of piperazine rings is 1.